The predicted molar refractivity (Wildman–Crippen MR) is 61.3 cm³/mol. The van der Waals surface area contributed by atoms with Crippen molar-refractivity contribution in [2.24, 2.45) is 0 Å². The number of imidazole rings is 1. The van der Waals surface area contributed by atoms with Crippen molar-refractivity contribution in [2.45, 2.75) is 18.5 Å². The Morgan fingerprint density at radius 3 is 2.89 bits per heavy atom. The topological polar surface area (TPSA) is 85.4 Å². The fraction of sp³-hybridized carbons (Fsp3) is 0.231. The Kier molecular flexibility index (Phi) is 2.60. The van der Waals surface area contributed by atoms with Gasteiger partial charge in [-0.1, -0.05) is 30.3 Å². The highest BCUT2D eigenvalue weighted by atomic mass is 16.4. The third-order valence-electron chi connectivity index (χ3n) is 3.36. The van der Waals surface area contributed by atoms with Crippen LogP contribution in [-0.4, -0.2) is 22.0 Å². The van der Waals surface area contributed by atoms with E-state index >= 15 is 0 Å². The minimum Gasteiger partial charge on any atom is -0.544 e. The average Bonchev–Trinajstić information content (AvgIpc) is 2.86. The summed E-state index contributed by atoms with van der Waals surface area (Å²) in [5.41, 5.74) is 2.86. The standard InChI is InChI=1S/C13H13N3O2/c17-13(18)10-6-9-12(15-7-14-9)11(16-10)8-4-2-1-3-5-8/h1-5,7,10-11,16H,6H2,(H,14,15)(H,17,18)/t10-,11-/m0/s1. The minimum atomic E-state index is -1.03. The van der Waals surface area contributed by atoms with E-state index in [-0.39, 0.29) is 6.04 Å². The summed E-state index contributed by atoms with van der Waals surface area (Å²) in [6.45, 7) is 0. The first-order valence-electron chi connectivity index (χ1n) is 5.88. The van der Waals surface area contributed by atoms with Gasteiger partial charge in [-0.05, 0) is 0 Å². The molecule has 5 heteroatoms. The lowest BCUT2D eigenvalue weighted by molar-refractivity contribution is -0.717. The highest BCUT2D eigenvalue weighted by Crippen LogP contribution is 2.22. The van der Waals surface area contributed by atoms with Crippen molar-refractivity contribution in [3.05, 3.63) is 53.6 Å². The van der Waals surface area contributed by atoms with Gasteiger partial charge in [-0.2, -0.15) is 0 Å². The zero-order valence-corrected chi connectivity index (χ0v) is 9.67. The zero-order valence-electron chi connectivity index (χ0n) is 9.67. The summed E-state index contributed by atoms with van der Waals surface area (Å²) in [6, 6.07) is 9.14. The maximum atomic E-state index is 11.1. The largest absolute Gasteiger partial charge is 0.544 e. The lowest BCUT2D eigenvalue weighted by Crippen LogP contribution is -2.95. The van der Waals surface area contributed by atoms with E-state index in [4.69, 9.17) is 0 Å². The van der Waals surface area contributed by atoms with Crippen LogP contribution in [0.25, 0.3) is 0 Å². The molecular weight excluding hydrogens is 230 g/mol. The van der Waals surface area contributed by atoms with E-state index in [0.29, 0.717) is 6.42 Å². The van der Waals surface area contributed by atoms with E-state index in [0.717, 1.165) is 17.0 Å². The van der Waals surface area contributed by atoms with Gasteiger partial charge in [0.25, 0.3) is 0 Å². The molecule has 3 N–H and O–H groups in total. The molecule has 2 atom stereocenters. The number of carbonyl (C=O) groups excluding carboxylic acids is 1. The number of nitrogens with one attached hydrogen (secondary N) is 1. The number of fused-ring (bicyclic) bond motifs is 1. The number of nitrogens with two attached hydrogens (primary N) is 1. The van der Waals surface area contributed by atoms with Crippen LogP contribution in [0.1, 0.15) is 23.0 Å². The molecule has 1 aliphatic heterocycles. The van der Waals surface area contributed by atoms with Crippen molar-refractivity contribution in [1.82, 2.24) is 9.97 Å². The van der Waals surface area contributed by atoms with Gasteiger partial charge in [0.05, 0.1) is 18.0 Å². The van der Waals surface area contributed by atoms with Crippen molar-refractivity contribution in [3.63, 3.8) is 0 Å². The molecule has 5 nitrogen and oxygen atoms in total. The van der Waals surface area contributed by atoms with Gasteiger partial charge in [-0.3, -0.25) is 0 Å². The molecule has 0 fully saturated rings. The Labute approximate surface area is 104 Å². The van der Waals surface area contributed by atoms with E-state index in [1.165, 1.54) is 0 Å². The summed E-state index contributed by atoms with van der Waals surface area (Å²) in [7, 11) is 0. The Hall–Kier alpha value is -2.14. The van der Waals surface area contributed by atoms with E-state index < -0.39 is 12.0 Å². The number of benzene rings is 1. The predicted octanol–water partition coefficient (Wildman–Crippen LogP) is -1.26. The molecule has 0 spiro atoms. The van der Waals surface area contributed by atoms with Crippen molar-refractivity contribution < 1.29 is 15.2 Å². The monoisotopic (exact) mass is 243 g/mol. The number of aliphatic carboxylic acids is 1. The summed E-state index contributed by atoms with van der Waals surface area (Å²) in [5, 5.41) is 12.9. The number of quaternary nitrogens is 1. The third-order valence-corrected chi connectivity index (χ3v) is 3.36. The molecule has 0 radical (unpaired) electrons. The summed E-state index contributed by atoms with van der Waals surface area (Å²) in [4.78, 5) is 18.4. The molecule has 2 aromatic rings. The Balaban J connectivity index is 2.02. The maximum absolute atomic E-state index is 11.1. The molecule has 92 valence electrons. The SMILES string of the molecule is O=C([O-])[C@@H]1Cc2[nH]cnc2[C@H](c2ccccc2)[NH2+]1. The fourth-order valence-corrected chi connectivity index (χ4v) is 2.47. The van der Waals surface area contributed by atoms with Crippen LogP contribution in [-0.2, 0) is 11.2 Å². The molecule has 1 aromatic carbocycles. The molecule has 1 aromatic heterocycles. The van der Waals surface area contributed by atoms with Gasteiger partial charge in [0, 0.05) is 12.0 Å². The molecular formula is C13H13N3O2. The lowest BCUT2D eigenvalue weighted by Gasteiger charge is -2.27. The Morgan fingerprint density at radius 1 is 1.39 bits per heavy atom. The molecule has 3 rings (SSSR count). The van der Waals surface area contributed by atoms with Gasteiger partial charge in [0.1, 0.15) is 11.7 Å². The molecule has 1 aliphatic rings. The van der Waals surface area contributed by atoms with E-state index in [1.807, 2.05) is 35.6 Å². The molecule has 2 heterocycles. The van der Waals surface area contributed by atoms with Crippen molar-refractivity contribution in [3.8, 4) is 0 Å². The van der Waals surface area contributed by atoms with Gasteiger partial charge in [0.15, 0.2) is 6.04 Å². The second-order valence-electron chi connectivity index (χ2n) is 4.48. The number of carbonyl (C=O) groups is 1. The van der Waals surface area contributed by atoms with Crippen LogP contribution < -0.4 is 10.4 Å². The van der Waals surface area contributed by atoms with E-state index in [1.54, 1.807) is 6.33 Å². The quantitative estimate of drug-likeness (QED) is 0.690. The number of H-pyrrole nitrogens is 1. The third kappa shape index (κ3) is 1.78. The number of hydrogen-bond acceptors (Lipinski definition) is 3. The molecule has 0 unspecified atom stereocenters. The van der Waals surface area contributed by atoms with Gasteiger partial charge >= 0.3 is 0 Å². The second-order valence-corrected chi connectivity index (χ2v) is 4.48. The van der Waals surface area contributed by atoms with E-state index in [2.05, 4.69) is 9.97 Å². The number of carboxylic acid groups (broad SMARTS) is 1. The second kappa shape index (κ2) is 4.27. The van der Waals surface area contributed by atoms with Crippen LogP contribution in [0.15, 0.2) is 36.7 Å². The van der Waals surface area contributed by atoms with Gasteiger partial charge < -0.3 is 20.2 Å². The smallest absolute Gasteiger partial charge is 0.157 e. The number of hydrogen-bond donors (Lipinski definition) is 2. The number of nitrogens with zero attached hydrogens (tertiary/aromatic N) is 1. The minimum absolute atomic E-state index is 0.0795. The number of carboxylic acids is 1. The number of aromatic nitrogens is 2. The first kappa shape index (κ1) is 11.0. The van der Waals surface area contributed by atoms with Gasteiger partial charge in [-0.15, -0.1) is 0 Å². The molecule has 18 heavy (non-hydrogen) atoms. The van der Waals surface area contributed by atoms with Crippen LogP contribution in [0.3, 0.4) is 0 Å². The number of rotatable bonds is 2. The molecule has 0 saturated heterocycles. The first-order chi connectivity index (χ1) is 8.75. The van der Waals surface area contributed by atoms with Crippen molar-refractivity contribution >= 4 is 5.97 Å². The van der Waals surface area contributed by atoms with Gasteiger partial charge in [0.2, 0.25) is 0 Å². The highest BCUT2D eigenvalue weighted by Gasteiger charge is 2.33. The normalized spacial score (nSPS) is 22.4. The van der Waals surface area contributed by atoms with Crippen LogP contribution in [0.4, 0.5) is 0 Å². The molecule has 0 aliphatic carbocycles. The Morgan fingerprint density at radius 2 is 2.17 bits per heavy atom. The van der Waals surface area contributed by atoms with Crippen LogP contribution >= 0.6 is 0 Å². The fourth-order valence-electron chi connectivity index (χ4n) is 2.47. The van der Waals surface area contributed by atoms with Crippen LogP contribution in [0.2, 0.25) is 0 Å². The summed E-state index contributed by atoms with van der Waals surface area (Å²) >= 11 is 0. The van der Waals surface area contributed by atoms with Crippen LogP contribution in [0.5, 0.6) is 0 Å². The molecule has 0 amide bonds. The van der Waals surface area contributed by atoms with Crippen molar-refractivity contribution in [2.75, 3.05) is 0 Å². The van der Waals surface area contributed by atoms with E-state index in [9.17, 15) is 9.90 Å². The van der Waals surface area contributed by atoms with Gasteiger partial charge in [-0.25, -0.2) is 4.98 Å². The summed E-state index contributed by atoms with van der Waals surface area (Å²) in [5.74, 6) is -1.03. The number of aromatic amines is 1. The van der Waals surface area contributed by atoms with Crippen molar-refractivity contribution in [1.29, 1.82) is 0 Å². The average molecular weight is 243 g/mol. The lowest BCUT2D eigenvalue weighted by atomic mass is 9.94. The maximum Gasteiger partial charge on any atom is 0.157 e. The summed E-state index contributed by atoms with van der Waals surface area (Å²) in [6.07, 6.45) is 2.05. The Bertz CT molecular complexity index is 565. The highest BCUT2D eigenvalue weighted by molar-refractivity contribution is 5.70. The zero-order chi connectivity index (χ0) is 12.5. The molecule has 0 bridgehead atoms. The molecule has 0 saturated carbocycles. The van der Waals surface area contributed by atoms with Crippen LogP contribution in [0, 0.1) is 0 Å². The first-order valence-corrected chi connectivity index (χ1v) is 5.88. The summed E-state index contributed by atoms with van der Waals surface area (Å²) < 4.78 is 0.